The van der Waals surface area contributed by atoms with Gasteiger partial charge in [-0.15, -0.1) is 53.6 Å². The van der Waals surface area contributed by atoms with Crippen molar-refractivity contribution in [2.75, 3.05) is 0 Å². The molecule has 0 saturated carbocycles. The van der Waals surface area contributed by atoms with Crippen molar-refractivity contribution < 1.29 is 28.6 Å². The summed E-state index contributed by atoms with van der Waals surface area (Å²) in [4.78, 5) is 14.1. The zero-order valence-corrected chi connectivity index (χ0v) is 43.9. The van der Waals surface area contributed by atoms with Gasteiger partial charge in [-0.25, -0.2) is 0 Å². The second-order valence-corrected chi connectivity index (χ2v) is 20.1. The van der Waals surface area contributed by atoms with E-state index in [1.807, 2.05) is 12.1 Å². The average molecular weight is 1120 g/mol. The molecule has 0 amide bonds. The largest absolute Gasteiger partial charge is 0.501 e. The third-order valence-electron chi connectivity index (χ3n) is 13.5. The Morgan fingerprint density at radius 3 is 1.99 bits per heavy atom. The van der Waals surface area contributed by atoms with Crippen molar-refractivity contribution in [1.29, 1.82) is 0 Å². The molecular formula is C66H56IrN4O-2. The monoisotopic (exact) mass is 1120 g/mol. The van der Waals surface area contributed by atoms with Crippen LogP contribution in [0.15, 0.2) is 187 Å². The minimum atomic E-state index is -2.11. The number of aromatic nitrogens is 4. The zero-order valence-electron chi connectivity index (χ0n) is 44.5. The predicted octanol–water partition coefficient (Wildman–Crippen LogP) is 17.8. The van der Waals surface area contributed by atoms with Gasteiger partial charge in [0.2, 0.25) is 0 Å². The third kappa shape index (κ3) is 9.06. The van der Waals surface area contributed by atoms with Crippen LogP contribution in [0.5, 0.6) is 0 Å². The first-order chi connectivity index (χ1) is 35.6. The summed E-state index contributed by atoms with van der Waals surface area (Å²) in [5, 5.41) is 7.00. The molecule has 357 valence electrons. The van der Waals surface area contributed by atoms with Crippen LogP contribution in [0, 0.1) is 19.0 Å². The van der Waals surface area contributed by atoms with Crippen LogP contribution in [0.4, 0.5) is 0 Å². The Balaban J connectivity index is 0.000000258. The number of nitrogens with zero attached hydrogens (tertiary/aromatic N) is 4. The van der Waals surface area contributed by atoms with Gasteiger partial charge in [0.1, 0.15) is 5.58 Å². The Hall–Kier alpha value is -7.50. The van der Waals surface area contributed by atoms with Crippen molar-refractivity contribution in [3.8, 4) is 50.7 Å². The van der Waals surface area contributed by atoms with E-state index < -0.39 is 6.85 Å². The Kier molecular flexibility index (Phi) is 12.1. The number of hydrogen-bond donors (Lipinski definition) is 0. The van der Waals surface area contributed by atoms with E-state index >= 15 is 0 Å². The Morgan fingerprint density at radius 2 is 1.28 bits per heavy atom. The van der Waals surface area contributed by atoms with Crippen LogP contribution in [0.1, 0.15) is 86.8 Å². The number of furan rings is 1. The van der Waals surface area contributed by atoms with E-state index in [9.17, 15) is 0 Å². The van der Waals surface area contributed by atoms with Crippen LogP contribution in [0.2, 0.25) is 0 Å². The fourth-order valence-electron chi connectivity index (χ4n) is 9.77. The molecule has 0 aliphatic heterocycles. The normalized spacial score (nSPS) is 12.5. The number of benzene rings is 9. The van der Waals surface area contributed by atoms with Gasteiger partial charge in [0.15, 0.2) is 0 Å². The molecule has 0 saturated heterocycles. The third-order valence-corrected chi connectivity index (χ3v) is 13.5. The van der Waals surface area contributed by atoms with E-state index in [2.05, 4.69) is 221 Å². The summed E-state index contributed by atoms with van der Waals surface area (Å²) >= 11 is 0. The van der Waals surface area contributed by atoms with Crippen LogP contribution < -0.4 is 0 Å². The van der Waals surface area contributed by atoms with Crippen LogP contribution in [0.3, 0.4) is 0 Å². The van der Waals surface area contributed by atoms with Crippen molar-refractivity contribution >= 4 is 54.5 Å². The van der Waals surface area contributed by atoms with Crippen LogP contribution >= 0.6 is 0 Å². The Bertz CT molecular complexity index is 4010. The minimum Gasteiger partial charge on any atom is -0.501 e. The molecule has 0 unspecified atom stereocenters. The summed E-state index contributed by atoms with van der Waals surface area (Å²) < 4.78 is 31.3. The van der Waals surface area contributed by atoms with Gasteiger partial charge >= 0.3 is 0 Å². The standard InChI is InChI=1S/C51H39N2O.C15H17N2.Ir/c1-31(2)42-28-38(35-23-21-34(22-24-35)33-13-6-5-7-14-33)29-43(32(3)4)49(42)53-47-20-11-10-19-46(47)52-51(53)41-18-12-17-40-45-27-37-26-25-36-15-8-9-16-39(36)44(37)30-48(45)54-50(40)41;1-11-5-7-12(8-6-11)14-16-10-9-13(17-14)15(2,3)4;/h5-17,19-32H,1-4H3;5-7,9-10H,1-4H3;/q2*-1;/i;1D3;. The van der Waals surface area contributed by atoms with E-state index in [0.29, 0.717) is 11.4 Å². The summed E-state index contributed by atoms with van der Waals surface area (Å²) in [7, 11) is 0. The predicted molar refractivity (Wildman–Crippen MR) is 296 cm³/mol. The summed E-state index contributed by atoms with van der Waals surface area (Å²) in [6.07, 6.45) is 1.72. The van der Waals surface area contributed by atoms with Crippen LogP contribution in [0.25, 0.3) is 105 Å². The summed E-state index contributed by atoms with van der Waals surface area (Å²) in [6.45, 7) is 13.3. The van der Waals surface area contributed by atoms with E-state index in [4.69, 9.17) is 13.5 Å². The quantitative estimate of drug-likeness (QED) is 0.118. The van der Waals surface area contributed by atoms with E-state index in [1.165, 1.54) is 66.7 Å². The molecule has 9 aromatic carbocycles. The summed E-state index contributed by atoms with van der Waals surface area (Å²) in [5.41, 5.74) is 15.0. The topological polar surface area (TPSA) is 56.7 Å². The molecule has 12 aromatic rings. The van der Waals surface area contributed by atoms with Crippen molar-refractivity contribution in [2.45, 2.75) is 72.6 Å². The first kappa shape index (κ1) is 44.4. The molecule has 0 fully saturated rings. The molecule has 1 radical (unpaired) electrons. The molecule has 3 aromatic heterocycles. The summed E-state index contributed by atoms with van der Waals surface area (Å²) in [5.74, 6) is 1.90. The molecule has 0 spiro atoms. The number of rotatable bonds is 7. The Labute approximate surface area is 440 Å². The van der Waals surface area contributed by atoms with E-state index in [-0.39, 0.29) is 42.9 Å². The van der Waals surface area contributed by atoms with Crippen molar-refractivity contribution in [2.24, 2.45) is 0 Å². The molecular weight excluding hydrogens is 1060 g/mol. The molecule has 72 heavy (non-hydrogen) atoms. The van der Waals surface area contributed by atoms with Gasteiger partial charge in [-0.2, -0.15) is 0 Å². The fourth-order valence-corrected chi connectivity index (χ4v) is 9.77. The van der Waals surface area contributed by atoms with Gasteiger partial charge in [-0.1, -0.05) is 169 Å². The van der Waals surface area contributed by atoms with E-state index in [1.54, 1.807) is 18.3 Å². The molecule has 0 N–H and O–H groups in total. The van der Waals surface area contributed by atoms with E-state index in [0.717, 1.165) is 50.1 Å². The smallest absolute Gasteiger partial charge is 0.121 e. The van der Waals surface area contributed by atoms with Crippen LogP contribution in [-0.4, -0.2) is 19.5 Å². The number of fused-ring (bicyclic) bond motifs is 7. The van der Waals surface area contributed by atoms with Crippen LogP contribution in [-0.2, 0) is 25.5 Å². The second-order valence-electron chi connectivity index (χ2n) is 20.1. The molecule has 5 nitrogen and oxygen atoms in total. The van der Waals surface area contributed by atoms with Crippen molar-refractivity contribution in [3.63, 3.8) is 0 Å². The number of imidazole rings is 1. The van der Waals surface area contributed by atoms with Gasteiger partial charge < -0.3 is 8.98 Å². The molecule has 0 aliphatic carbocycles. The molecule has 0 atom stereocenters. The maximum absolute atomic E-state index is 7.35. The first-order valence-electron chi connectivity index (χ1n) is 26.0. The maximum atomic E-state index is 7.35. The maximum Gasteiger partial charge on any atom is 0.121 e. The van der Waals surface area contributed by atoms with Crippen molar-refractivity contribution in [3.05, 3.63) is 217 Å². The Morgan fingerprint density at radius 1 is 0.597 bits per heavy atom. The van der Waals surface area contributed by atoms with Gasteiger partial charge in [0, 0.05) is 52.6 Å². The van der Waals surface area contributed by atoms with Gasteiger partial charge in [-0.05, 0) is 109 Å². The number of aryl methyl sites for hydroxylation is 1. The molecule has 3 heterocycles. The van der Waals surface area contributed by atoms with Gasteiger partial charge in [0.25, 0.3) is 0 Å². The van der Waals surface area contributed by atoms with Crippen molar-refractivity contribution in [1.82, 2.24) is 19.5 Å². The van der Waals surface area contributed by atoms with Gasteiger partial charge in [0.05, 0.1) is 28.3 Å². The SMILES string of the molecule is CC(C)c1cc(-c2ccc(-c3ccccc3)cc2)cc(C(C)C)c1-n1c(-c2[c-]ccc3c2oc2cc4c(ccc5ccccc54)cc23)nc2ccccc21.[2H]C([2H])([2H])c1c[c-]c(-c2nccc(C(C)(C)C)n2)cc1.[Ir]. The summed E-state index contributed by atoms with van der Waals surface area (Å²) in [6, 6.07) is 67.6. The second kappa shape index (κ2) is 19.6. The fraction of sp³-hybridized carbons (Fsp3) is 0.167. The number of hydrogen-bond acceptors (Lipinski definition) is 4. The molecule has 0 aliphatic rings. The zero-order chi connectivity index (χ0) is 51.5. The molecule has 6 heteroatoms. The average Bonchev–Trinajstić information content (AvgIpc) is 3.98. The number of para-hydroxylation sites is 2. The molecule has 0 bridgehead atoms. The minimum absolute atomic E-state index is 0. The van der Waals surface area contributed by atoms with Gasteiger partial charge in [-0.3, -0.25) is 15.0 Å². The molecule has 12 rings (SSSR count). The first-order valence-corrected chi connectivity index (χ1v) is 24.5.